The maximum Gasteiger partial charge on any atom is 0.317 e. The molecule has 2 N–H and O–H groups in total. The molecular weight excluding hydrogens is 347 g/mol. The Morgan fingerprint density at radius 1 is 1.11 bits per heavy atom. The van der Waals surface area contributed by atoms with E-state index in [-0.39, 0.29) is 11.6 Å². The van der Waals surface area contributed by atoms with Crippen LogP contribution in [0.15, 0.2) is 53.5 Å². The van der Waals surface area contributed by atoms with Gasteiger partial charge in [-0.25, -0.2) is 14.2 Å². The second-order valence-corrected chi connectivity index (χ2v) is 6.55. The molecule has 7 heteroatoms. The van der Waals surface area contributed by atoms with Gasteiger partial charge in [-0.15, -0.1) is 0 Å². The molecule has 2 aromatic rings. The second kappa shape index (κ2) is 7.57. The number of benzene rings is 2. The molecular formula is C20H21FN4O2. The van der Waals surface area contributed by atoms with Gasteiger partial charge in [0.15, 0.2) is 0 Å². The van der Waals surface area contributed by atoms with Crippen LogP contribution in [-0.4, -0.2) is 36.9 Å². The highest BCUT2D eigenvalue weighted by molar-refractivity contribution is 6.20. The fourth-order valence-electron chi connectivity index (χ4n) is 2.91. The molecule has 0 saturated heterocycles. The van der Waals surface area contributed by atoms with E-state index in [1.807, 2.05) is 13.8 Å². The first-order valence-corrected chi connectivity index (χ1v) is 8.65. The van der Waals surface area contributed by atoms with Crippen molar-refractivity contribution in [1.29, 1.82) is 0 Å². The Kier molecular flexibility index (Phi) is 5.21. The minimum atomic E-state index is -1.17. The molecule has 0 saturated carbocycles. The molecule has 2 aromatic carbocycles. The number of nitrogens with zero attached hydrogens (tertiary/aromatic N) is 2. The average Bonchev–Trinajstić information content (AvgIpc) is 2.73. The van der Waals surface area contributed by atoms with E-state index in [1.54, 1.807) is 49.5 Å². The minimum absolute atomic E-state index is 0.101. The van der Waals surface area contributed by atoms with Gasteiger partial charge in [0, 0.05) is 24.2 Å². The maximum absolute atomic E-state index is 14.5. The van der Waals surface area contributed by atoms with Gasteiger partial charge in [0.25, 0.3) is 5.91 Å². The van der Waals surface area contributed by atoms with E-state index < -0.39 is 23.9 Å². The molecule has 140 valence electrons. The summed E-state index contributed by atoms with van der Waals surface area (Å²) in [5.74, 6) is -0.860. The van der Waals surface area contributed by atoms with Crippen molar-refractivity contribution in [2.45, 2.75) is 26.1 Å². The number of anilines is 1. The second-order valence-electron chi connectivity index (χ2n) is 6.55. The van der Waals surface area contributed by atoms with Crippen LogP contribution in [-0.2, 0) is 4.79 Å². The topological polar surface area (TPSA) is 73.8 Å². The lowest BCUT2D eigenvalue weighted by atomic mass is 10.00. The number of benzodiazepines with no additional fused rings is 1. The van der Waals surface area contributed by atoms with Crippen LogP contribution in [0.25, 0.3) is 0 Å². The van der Waals surface area contributed by atoms with Gasteiger partial charge in [0.2, 0.25) is 6.17 Å². The van der Waals surface area contributed by atoms with Crippen LogP contribution >= 0.6 is 0 Å². The van der Waals surface area contributed by atoms with Crippen LogP contribution in [0.2, 0.25) is 0 Å². The SMILES string of the molecule is CC(C)NC(=O)NC1N=C(c2ccccc2F)c2ccccc2N(C)C1=O. The van der Waals surface area contributed by atoms with Crippen LogP contribution in [0.4, 0.5) is 14.9 Å². The highest BCUT2D eigenvalue weighted by Crippen LogP contribution is 2.27. The number of hydrogen-bond acceptors (Lipinski definition) is 3. The molecule has 1 aliphatic rings. The van der Waals surface area contributed by atoms with Crippen molar-refractivity contribution in [2.75, 3.05) is 11.9 Å². The Balaban J connectivity index is 2.12. The van der Waals surface area contributed by atoms with E-state index in [0.717, 1.165) is 0 Å². The van der Waals surface area contributed by atoms with Gasteiger partial charge in [0.1, 0.15) is 5.82 Å². The molecule has 3 amide bonds. The van der Waals surface area contributed by atoms with Crippen LogP contribution < -0.4 is 15.5 Å². The summed E-state index contributed by atoms with van der Waals surface area (Å²) in [6.07, 6.45) is -1.17. The molecule has 0 aliphatic carbocycles. The largest absolute Gasteiger partial charge is 0.336 e. The summed E-state index contributed by atoms with van der Waals surface area (Å²) in [4.78, 5) is 30.9. The van der Waals surface area contributed by atoms with Crippen LogP contribution in [0.3, 0.4) is 0 Å². The summed E-state index contributed by atoms with van der Waals surface area (Å²) in [6, 6.07) is 12.7. The minimum Gasteiger partial charge on any atom is -0.336 e. The van der Waals surface area contributed by atoms with Gasteiger partial charge in [-0.1, -0.05) is 30.3 Å². The average molecular weight is 368 g/mol. The first kappa shape index (κ1) is 18.6. The highest BCUT2D eigenvalue weighted by atomic mass is 19.1. The Bertz CT molecular complexity index is 910. The first-order valence-electron chi connectivity index (χ1n) is 8.65. The number of para-hydroxylation sites is 1. The van der Waals surface area contributed by atoms with Gasteiger partial charge >= 0.3 is 6.03 Å². The number of likely N-dealkylation sites (N-methyl/N-ethyl adjacent to an activating group) is 1. The summed E-state index contributed by atoms with van der Waals surface area (Å²) in [6.45, 7) is 3.62. The van der Waals surface area contributed by atoms with Crippen LogP contribution in [0.5, 0.6) is 0 Å². The molecule has 0 bridgehead atoms. The molecule has 1 aliphatic heterocycles. The van der Waals surface area contributed by atoms with Crippen molar-refractivity contribution < 1.29 is 14.0 Å². The Morgan fingerprint density at radius 2 is 1.74 bits per heavy atom. The lowest BCUT2D eigenvalue weighted by Gasteiger charge is -2.21. The van der Waals surface area contributed by atoms with Crippen LogP contribution in [0.1, 0.15) is 25.0 Å². The van der Waals surface area contributed by atoms with E-state index in [1.165, 1.54) is 11.0 Å². The predicted octanol–water partition coefficient (Wildman–Crippen LogP) is 2.67. The monoisotopic (exact) mass is 368 g/mol. The van der Waals surface area contributed by atoms with Crippen molar-refractivity contribution in [1.82, 2.24) is 10.6 Å². The van der Waals surface area contributed by atoms with Gasteiger partial charge < -0.3 is 15.5 Å². The zero-order chi connectivity index (χ0) is 19.6. The van der Waals surface area contributed by atoms with Crippen molar-refractivity contribution >= 4 is 23.3 Å². The van der Waals surface area contributed by atoms with E-state index in [0.29, 0.717) is 17.0 Å². The number of carbonyl (C=O) groups is 2. The zero-order valence-electron chi connectivity index (χ0n) is 15.4. The number of halogens is 1. The third-order valence-electron chi connectivity index (χ3n) is 4.16. The van der Waals surface area contributed by atoms with Crippen molar-refractivity contribution in [3.8, 4) is 0 Å². The number of urea groups is 1. The Hall–Kier alpha value is -3.22. The molecule has 6 nitrogen and oxygen atoms in total. The summed E-state index contributed by atoms with van der Waals surface area (Å²) < 4.78 is 14.5. The molecule has 0 spiro atoms. The van der Waals surface area contributed by atoms with Crippen molar-refractivity contribution in [3.63, 3.8) is 0 Å². The predicted molar refractivity (Wildman–Crippen MR) is 102 cm³/mol. The van der Waals surface area contributed by atoms with E-state index in [9.17, 15) is 14.0 Å². The molecule has 3 rings (SSSR count). The molecule has 0 aromatic heterocycles. The molecule has 1 atom stereocenters. The number of nitrogens with one attached hydrogen (secondary N) is 2. The zero-order valence-corrected chi connectivity index (χ0v) is 15.4. The van der Waals surface area contributed by atoms with E-state index in [4.69, 9.17) is 0 Å². The summed E-state index contributed by atoms with van der Waals surface area (Å²) in [5, 5.41) is 5.24. The quantitative estimate of drug-likeness (QED) is 0.874. The standard InChI is InChI=1S/C20H21FN4O2/c1-12(2)22-20(27)24-18-19(26)25(3)16-11-7-5-9-14(16)17(23-18)13-8-4-6-10-15(13)21/h4-12,18H,1-3H3,(H2,22,24,27). The van der Waals surface area contributed by atoms with Gasteiger partial charge in [-0.2, -0.15) is 0 Å². The fraction of sp³-hybridized carbons (Fsp3) is 0.250. The summed E-state index contributed by atoms with van der Waals surface area (Å²) in [5.41, 5.74) is 1.80. The number of amides is 3. The third kappa shape index (κ3) is 3.81. The molecule has 1 heterocycles. The van der Waals surface area contributed by atoms with Gasteiger partial charge in [-0.3, -0.25) is 4.79 Å². The number of carbonyl (C=O) groups excluding carboxylic acids is 2. The van der Waals surface area contributed by atoms with Gasteiger partial charge in [-0.05, 0) is 32.0 Å². The van der Waals surface area contributed by atoms with Crippen molar-refractivity contribution in [3.05, 3.63) is 65.5 Å². The molecule has 1 unspecified atom stereocenters. The van der Waals surface area contributed by atoms with E-state index >= 15 is 0 Å². The highest BCUT2D eigenvalue weighted by Gasteiger charge is 2.31. The first-order chi connectivity index (χ1) is 12.9. The molecule has 0 radical (unpaired) electrons. The third-order valence-corrected chi connectivity index (χ3v) is 4.16. The summed E-state index contributed by atoms with van der Waals surface area (Å²) >= 11 is 0. The fourth-order valence-corrected chi connectivity index (χ4v) is 2.91. The normalized spacial score (nSPS) is 16.5. The lowest BCUT2D eigenvalue weighted by Crippen LogP contribution is -2.50. The van der Waals surface area contributed by atoms with Crippen molar-refractivity contribution in [2.24, 2.45) is 4.99 Å². The number of rotatable bonds is 3. The smallest absolute Gasteiger partial charge is 0.317 e. The Labute approximate surface area is 157 Å². The summed E-state index contributed by atoms with van der Waals surface area (Å²) in [7, 11) is 1.61. The van der Waals surface area contributed by atoms with Gasteiger partial charge in [0.05, 0.1) is 11.4 Å². The molecule has 27 heavy (non-hydrogen) atoms. The maximum atomic E-state index is 14.5. The molecule has 0 fully saturated rings. The van der Waals surface area contributed by atoms with E-state index in [2.05, 4.69) is 15.6 Å². The number of aliphatic imine (C=N–C) groups is 1. The lowest BCUT2D eigenvalue weighted by molar-refractivity contribution is -0.119. The Morgan fingerprint density at radius 3 is 2.41 bits per heavy atom. The number of fused-ring (bicyclic) bond motifs is 1. The van der Waals surface area contributed by atoms with Crippen LogP contribution in [0, 0.1) is 5.82 Å². The number of hydrogen-bond donors (Lipinski definition) is 2.